The topological polar surface area (TPSA) is 197 Å². The van der Waals surface area contributed by atoms with E-state index in [4.69, 9.17) is 23.9 Å². The number of ether oxygens (including phenoxy) is 4. The minimum Gasteiger partial charge on any atom is -0.491 e. The molecule has 1 spiro atoms. The van der Waals surface area contributed by atoms with Gasteiger partial charge in [-0.2, -0.15) is 4.98 Å². The summed E-state index contributed by atoms with van der Waals surface area (Å²) >= 11 is 0. The molecular weight excluding hydrogens is 1060 g/mol. The minimum absolute atomic E-state index is 0.00536. The maximum Gasteiger partial charge on any atom is 0.293 e. The van der Waals surface area contributed by atoms with E-state index in [0.29, 0.717) is 80.7 Å². The van der Waals surface area contributed by atoms with Crippen molar-refractivity contribution in [2.45, 2.75) is 101 Å². The number of benzene rings is 4. The van der Waals surface area contributed by atoms with Gasteiger partial charge in [-0.15, -0.1) is 0 Å². The van der Waals surface area contributed by atoms with E-state index in [-0.39, 0.29) is 47.4 Å². The number of halogens is 2. The van der Waals surface area contributed by atoms with Crippen LogP contribution in [0, 0.1) is 39.0 Å². The van der Waals surface area contributed by atoms with Crippen molar-refractivity contribution in [2.24, 2.45) is 17.3 Å². The van der Waals surface area contributed by atoms with Crippen LogP contribution in [0.3, 0.4) is 0 Å². The van der Waals surface area contributed by atoms with E-state index < -0.39 is 49.2 Å². The first-order valence-electron chi connectivity index (χ1n) is 28.4. The summed E-state index contributed by atoms with van der Waals surface area (Å²) in [6.45, 7) is 13.1. The Labute approximate surface area is 470 Å². The van der Waals surface area contributed by atoms with Crippen LogP contribution in [0.25, 0.3) is 11.0 Å². The van der Waals surface area contributed by atoms with Gasteiger partial charge in [0.1, 0.15) is 28.9 Å². The number of aromatic nitrogens is 2. The second-order valence-corrected chi connectivity index (χ2v) is 24.7. The lowest BCUT2D eigenvalue weighted by molar-refractivity contribution is -0.384. The van der Waals surface area contributed by atoms with Crippen LogP contribution in [-0.4, -0.2) is 129 Å². The molecule has 1 aliphatic carbocycles. The maximum absolute atomic E-state index is 14.8. The van der Waals surface area contributed by atoms with Gasteiger partial charge in [-0.25, -0.2) is 21.9 Å². The van der Waals surface area contributed by atoms with Crippen LogP contribution in [0.1, 0.15) is 86.8 Å². The molecular formula is C60H69F2N9O9S. The van der Waals surface area contributed by atoms with Crippen LogP contribution in [0.2, 0.25) is 0 Å². The van der Waals surface area contributed by atoms with E-state index in [0.717, 1.165) is 92.3 Å². The Kier molecular flexibility index (Phi) is 15.1. The summed E-state index contributed by atoms with van der Waals surface area (Å²) in [4.78, 5) is 43.6. The molecule has 2 aromatic heterocycles. The molecule has 1 amide bonds. The van der Waals surface area contributed by atoms with Crippen molar-refractivity contribution in [3.8, 4) is 11.6 Å². The highest BCUT2D eigenvalue weighted by Gasteiger charge is 2.56. The van der Waals surface area contributed by atoms with Crippen molar-refractivity contribution >= 4 is 55.4 Å². The van der Waals surface area contributed by atoms with Gasteiger partial charge in [-0.1, -0.05) is 31.2 Å². The highest BCUT2D eigenvalue weighted by atomic mass is 32.2. The Hall–Kier alpha value is -6.91. The number of hydrogen-bond donors (Lipinski definition) is 3. The Morgan fingerprint density at radius 3 is 2.49 bits per heavy atom. The number of hydrogen-bond acceptors (Lipinski definition) is 15. The number of fused-ring (bicyclic) bond motifs is 3. The molecule has 6 aliphatic rings. The second-order valence-electron chi connectivity index (χ2n) is 23.0. The molecule has 5 aliphatic heterocycles. The van der Waals surface area contributed by atoms with Crippen LogP contribution < -0.4 is 29.3 Å². The van der Waals surface area contributed by atoms with Gasteiger partial charge in [-0.3, -0.25) is 24.7 Å². The number of H-pyrrole nitrogens is 1. The lowest BCUT2D eigenvalue weighted by Gasteiger charge is -2.62. The molecule has 3 N–H and O–H groups in total. The van der Waals surface area contributed by atoms with Gasteiger partial charge in [0.2, 0.25) is 5.88 Å². The zero-order valence-electron chi connectivity index (χ0n) is 45.8. The smallest absolute Gasteiger partial charge is 0.293 e. The maximum atomic E-state index is 14.8. The zero-order valence-corrected chi connectivity index (χ0v) is 46.6. The number of nitrogens with one attached hydrogen (secondary N) is 3. The number of piperidine rings is 1. The van der Waals surface area contributed by atoms with Gasteiger partial charge in [0, 0.05) is 101 Å². The third-order valence-corrected chi connectivity index (χ3v) is 19.3. The third-order valence-electron chi connectivity index (χ3n) is 18.0. The first-order chi connectivity index (χ1) is 39.1. The molecule has 1 saturated carbocycles. The van der Waals surface area contributed by atoms with Gasteiger partial charge in [0.15, 0.2) is 11.6 Å². The van der Waals surface area contributed by atoms with E-state index in [1.54, 1.807) is 18.3 Å². The number of nitrogens with zero attached hydrogens (tertiary/aromatic N) is 6. The van der Waals surface area contributed by atoms with E-state index in [2.05, 4.69) is 53.7 Å². The van der Waals surface area contributed by atoms with Crippen LogP contribution in [0.15, 0.2) is 102 Å². The van der Waals surface area contributed by atoms with Gasteiger partial charge in [0.25, 0.3) is 21.6 Å². The van der Waals surface area contributed by atoms with Gasteiger partial charge in [-0.05, 0) is 136 Å². The Morgan fingerprint density at radius 1 is 0.914 bits per heavy atom. The highest BCUT2D eigenvalue weighted by molar-refractivity contribution is 7.90. The molecule has 0 bridgehead atoms. The van der Waals surface area contributed by atoms with E-state index in [9.17, 15) is 32.1 Å². The van der Waals surface area contributed by atoms with Crippen LogP contribution in [-0.2, 0) is 26.0 Å². The predicted molar refractivity (Wildman–Crippen MR) is 303 cm³/mol. The first-order valence-corrected chi connectivity index (χ1v) is 29.9. The fraction of sp³-hybridized carbons (Fsp3) is 0.467. The molecule has 18 nitrogen and oxygen atoms in total. The fourth-order valence-corrected chi connectivity index (χ4v) is 14.5. The van der Waals surface area contributed by atoms with Crippen LogP contribution in [0.5, 0.6) is 11.6 Å². The van der Waals surface area contributed by atoms with E-state index >= 15 is 0 Å². The van der Waals surface area contributed by atoms with Crippen molar-refractivity contribution in [2.75, 3.05) is 80.8 Å². The Bertz CT molecular complexity index is 3440. The third kappa shape index (κ3) is 10.9. The largest absolute Gasteiger partial charge is 0.491 e. The molecule has 4 saturated heterocycles. The van der Waals surface area contributed by atoms with Gasteiger partial charge < -0.3 is 39.0 Å². The minimum atomic E-state index is -4.65. The van der Waals surface area contributed by atoms with Crippen LogP contribution in [0.4, 0.5) is 37.2 Å². The molecule has 0 radical (unpaired) electrons. The predicted octanol–water partition coefficient (Wildman–Crippen LogP) is 9.74. The molecule has 6 aromatic rings. The number of carbonyl (C=O) groups is 1. The van der Waals surface area contributed by atoms with Crippen molar-refractivity contribution in [1.82, 2.24) is 24.5 Å². The molecule has 5 fully saturated rings. The molecule has 4 aromatic carbocycles. The quantitative estimate of drug-likeness (QED) is 0.0649. The summed E-state index contributed by atoms with van der Waals surface area (Å²) in [5.74, 6) is -0.794. The highest BCUT2D eigenvalue weighted by Crippen LogP contribution is 2.58. The van der Waals surface area contributed by atoms with Gasteiger partial charge >= 0.3 is 0 Å². The van der Waals surface area contributed by atoms with Crippen LogP contribution >= 0.6 is 0 Å². The number of aromatic amines is 1. The number of nitro benzene ring substituents is 1. The average Bonchev–Trinajstić information content (AvgIpc) is 4.09. The number of nitro groups is 1. The number of carbonyl (C=O) groups excluding carboxylic acids is 1. The SMILES string of the molecule is CC(C)Oc1ccccc1[C@H]1CN(Cc2ccc(F)c(F)c2)CCN1C1CC2(CCN(c3ccc(C(=O)NS(=O)(=O)c4ccc(NCC5CCOCC5)c([N+](=O)[O-])c4)c(N4c5cc6cc[nH]c6nc5O[C@H]5COCC[C@@H]54)c3)CC2)C1C. The zero-order chi connectivity index (χ0) is 56.2. The normalized spacial score (nSPS) is 23.4. The molecule has 5 atom stereocenters. The van der Waals surface area contributed by atoms with E-state index in [1.165, 1.54) is 24.3 Å². The molecule has 7 heterocycles. The number of rotatable bonds is 15. The van der Waals surface area contributed by atoms with Gasteiger partial charge in [0.05, 0.1) is 45.9 Å². The summed E-state index contributed by atoms with van der Waals surface area (Å²) in [6.07, 6.45) is 6.35. The number of para-hydroxylation sites is 1. The van der Waals surface area contributed by atoms with Crippen molar-refractivity contribution in [1.29, 1.82) is 0 Å². The van der Waals surface area contributed by atoms with Crippen molar-refractivity contribution in [3.63, 3.8) is 0 Å². The summed E-state index contributed by atoms with van der Waals surface area (Å²) in [5.41, 5.74) is 4.35. The van der Waals surface area contributed by atoms with Crippen molar-refractivity contribution in [3.05, 3.63) is 136 Å². The molecule has 12 rings (SSSR count). The Morgan fingerprint density at radius 2 is 1.72 bits per heavy atom. The lowest BCUT2D eigenvalue weighted by atomic mass is 9.53. The standard InChI is InChI=1S/C60H69F2N9O9S/c1-37(2)79-55-7-5-4-6-44(55)54-35-67(34-40-8-12-46(61)47(62)28-40)23-24-69(54)53-32-60(38(53)3)18-21-68(22-19-60)42-9-11-45(50(30-42)70-49-17-27-78-36-56(49)80-59-52(70)29-41-14-20-63-57(41)65-59)58(72)66-81(75,76)43-10-13-48(51(31-43)71(73)74)64-33-39-15-25-77-26-16-39/h4-14,20,28-31,37-39,49,53-54,56,64H,15-19,21-27,32-36H2,1-3H3,(H,63,65)(H,66,72)/t38?,49-,53?,54+,56-/m0/s1. The summed E-state index contributed by atoms with van der Waals surface area (Å²) < 4.78 is 83.4. The number of amides is 1. The number of piperazine rings is 1. The monoisotopic (exact) mass is 1130 g/mol. The lowest BCUT2D eigenvalue weighted by Crippen LogP contribution is -2.64. The molecule has 21 heteroatoms. The Balaban J connectivity index is 0.815. The fourth-order valence-electron chi connectivity index (χ4n) is 13.5. The number of anilines is 4. The average molecular weight is 1130 g/mol. The number of sulfonamides is 1. The first kappa shape index (κ1) is 54.7. The molecule has 81 heavy (non-hydrogen) atoms. The second kappa shape index (κ2) is 22.4. The summed E-state index contributed by atoms with van der Waals surface area (Å²) in [7, 11) is -4.65. The summed E-state index contributed by atoms with van der Waals surface area (Å²) in [5, 5.41) is 16.3. The summed E-state index contributed by atoms with van der Waals surface area (Å²) in [6, 6.07) is 25.4. The van der Waals surface area contributed by atoms with Crippen molar-refractivity contribution < 1.29 is 45.9 Å². The molecule has 2 unspecified atom stereocenters. The van der Waals surface area contributed by atoms with E-state index in [1.807, 2.05) is 50.2 Å². The molecule has 428 valence electrons. The number of pyridine rings is 1.